The van der Waals surface area contributed by atoms with Gasteiger partial charge in [0.05, 0.1) is 19.0 Å². The van der Waals surface area contributed by atoms with E-state index in [1.165, 1.54) is 5.56 Å². The maximum absolute atomic E-state index is 5.41. The van der Waals surface area contributed by atoms with E-state index >= 15 is 0 Å². The topological polar surface area (TPSA) is 33.6 Å². The van der Waals surface area contributed by atoms with Gasteiger partial charge in [-0.25, -0.2) is 0 Å². The highest BCUT2D eigenvalue weighted by Gasteiger charge is 2.05. The quantitative estimate of drug-likeness (QED) is 0.665. The fourth-order valence-corrected chi connectivity index (χ4v) is 2.05. The van der Waals surface area contributed by atoms with Gasteiger partial charge in [-0.1, -0.05) is 24.3 Å². The SMILES string of the molecule is COc1c(C)cc(C)cc1C=NNc1ccccc1. The molecule has 0 atom stereocenters. The van der Waals surface area contributed by atoms with Gasteiger partial charge < -0.3 is 4.74 Å². The van der Waals surface area contributed by atoms with Gasteiger partial charge in [-0.3, -0.25) is 5.43 Å². The smallest absolute Gasteiger partial charge is 0.130 e. The van der Waals surface area contributed by atoms with Crippen molar-refractivity contribution < 1.29 is 4.74 Å². The molecule has 3 heteroatoms. The summed E-state index contributed by atoms with van der Waals surface area (Å²) in [5, 5.41) is 4.25. The third kappa shape index (κ3) is 3.35. The first-order chi connectivity index (χ1) is 9.20. The molecule has 98 valence electrons. The lowest BCUT2D eigenvalue weighted by atomic mass is 10.1. The van der Waals surface area contributed by atoms with Crippen LogP contribution in [0.3, 0.4) is 0 Å². The number of hydrazone groups is 1. The number of nitrogens with zero attached hydrogens (tertiary/aromatic N) is 1. The Kier molecular flexibility index (Phi) is 4.18. The van der Waals surface area contributed by atoms with Crippen molar-refractivity contribution in [2.45, 2.75) is 13.8 Å². The Morgan fingerprint density at radius 2 is 1.84 bits per heavy atom. The highest BCUT2D eigenvalue weighted by atomic mass is 16.5. The fraction of sp³-hybridized carbons (Fsp3) is 0.188. The molecule has 2 aromatic rings. The van der Waals surface area contributed by atoms with Gasteiger partial charge in [0.1, 0.15) is 5.75 Å². The summed E-state index contributed by atoms with van der Waals surface area (Å²) >= 11 is 0. The van der Waals surface area contributed by atoms with E-state index in [2.05, 4.69) is 29.6 Å². The number of ether oxygens (including phenoxy) is 1. The molecule has 3 nitrogen and oxygen atoms in total. The summed E-state index contributed by atoms with van der Waals surface area (Å²) in [6, 6.07) is 14.0. The summed E-state index contributed by atoms with van der Waals surface area (Å²) in [6.07, 6.45) is 1.78. The molecule has 19 heavy (non-hydrogen) atoms. The molecule has 0 amide bonds. The molecule has 0 aliphatic carbocycles. The third-order valence-corrected chi connectivity index (χ3v) is 2.82. The molecule has 0 aliphatic heterocycles. The van der Waals surface area contributed by atoms with Crippen LogP contribution in [0.25, 0.3) is 0 Å². The van der Waals surface area contributed by atoms with Gasteiger partial charge in [0.25, 0.3) is 0 Å². The monoisotopic (exact) mass is 254 g/mol. The number of aryl methyl sites for hydroxylation is 2. The first-order valence-electron chi connectivity index (χ1n) is 6.20. The van der Waals surface area contributed by atoms with E-state index in [1.54, 1.807) is 13.3 Å². The van der Waals surface area contributed by atoms with Crippen LogP contribution >= 0.6 is 0 Å². The Balaban J connectivity index is 2.19. The van der Waals surface area contributed by atoms with E-state index in [-0.39, 0.29) is 0 Å². The summed E-state index contributed by atoms with van der Waals surface area (Å²) in [6.45, 7) is 4.10. The second-order valence-electron chi connectivity index (χ2n) is 4.44. The average Bonchev–Trinajstić information content (AvgIpc) is 2.39. The zero-order valence-corrected chi connectivity index (χ0v) is 11.5. The lowest BCUT2D eigenvalue weighted by Gasteiger charge is -2.09. The Labute approximate surface area is 113 Å². The number of anilines is 1. The van der Waals surface area contributed by atoms with Crippen LogP contribution < -0.4 is 10.2 Å². The van der Waals surface area contributed by atoms with Gasteiger partial charge in [-0.15, -0.1) is 0 Å². The predicted molar refractivity (Wildman–Crippen MR) is 80.1 cm³/mol. The van der Waals surface area contributed by atoms with Crippen molar-refractivity contribution in [3.05, 3.63) is 59.2 Å². The normalized spacial score (nSPS) is 10.7. The van der Waals surface area contributed by atoms with Gasteiger partial charge in [0.2, 0.25) is 0 Å². The van der Waals surface area contributed by atoms with Crippen LogP contribution in [-0.4, -0.2) is 13.3 Å². The number of methoxy groups -OCH3 is 1. The molecule has 1 N–H and O–H groups in total. The first kappa shape index (κ1) is 13.1. The fourth-order valence-electron chi connectivity index (χ4n) is 2.05. The van der Waals surface area contributed by atoms with Crippen molar-refractivity contribution in [2.24, 2.45) is 5.10 Å². The van der Waals surface area contributed by atoms with Crippen molar-refractivity contribution in [3.63, 3.8) is 0 Å². The minimum atomic E-state index is 0.865. The minimum absolute atomic E-state index is 0.865. The van der Waals surface area contributed by atoms with E-state index in [4.69, 9.17) is 4.74 Å². The van der Waals surface area contributed by atoms with Crippen LogP contribution in [0.4, 0.5) is 5.69 Å². The number of nitrogens with one attached hydrogen (secondary N) is 1. The average molecular weight is 254 g/mol. The Hall–Kier alpha value is -2.29. The maximum Gasteiger partial charge on any atom is 0.130 e. The predicted octanol–water partition coefficient (Wildman–Crippen LogP) is 3.76. The van der Waals surface area contributed by atoms with Crippen molar-refractivity contribution in [3.8, 4) is 5.75 Å². The van der Waals surface area contributed by atoms with E-state index in [0.717, 1.165) is 22.6 Å². The molecule has 0 saturated carbocycles. The zero-order chi connectivity index (χ0) is 13.7. The summed E-state index contributed by atoms with van der Waals surface area (Å²) in [7, 11) is 1.68. The van der Waals surface area contributed by atoms with Gasteiger partial charge in [0.15, 0.2) is 0 Å². The number of benzene rings is 2. The van der Waals surface area contributed by atoms with Gasteiger partial charge in [-0.05, 0) is 43.2 Å². The molecule has 0 unspecified atom stereocenters. The summed E-state index contributed by atoms with van der Waals surface area (Å²) in [5.74, 6) is 0.865. The molecule has 2 aromatic carbocycles. The molecular formula is C16H18N2O. The number of para-hydroxylation sites is 1. The highest BCUT2D eigenvalue weighted by Crippen LogP contribution is 2.23. The second-order valence-corrected chi connectivity index (χ2v) is 4.44. The van der Waals surface area contributed by atoms with Crippen molar-refractivity contribution in [2.75, 3.05) is 12.5 Å². The summed E-state index contributed by atoms with van der Waals surface area (Å²) < 4.78 is 5.41. The Morgan fingerprint density at radius 1 is 1.11 bits per heavy atom. The minimum Gasteiger partial charge on any atom is -0.496 e. The van der Waals surface area contributed by atoms with E-state index in [9.17, 15) is 0 Å². The van der Waals surface area contributed by atoms with Gasteiger partial charge in [0, 0.05) is 5.56 Å². The summed E-state index contributed by atoms with van der Waals surface area (Å²) in [5.41, 5.74) is 7.24. The maximum atomic E-state index is 5.41. The second kappa shape index (κ2) is 6.05. The number of rotatable bonds is 4. The molecule has 2 rings (SSSR count). The van der Waals surface area contributed by atoms with Crippen LogP contribution in [0, 0.1) is 13.8 Å². The lowest BCUT2D eigenvalue weighted by Crippen LogP contribution is -1.97. The van der Waals surface area contributed by atoms with Crippen molar-refractivity contribution in [1.82, 2.24) is 0 Å². The van der Waals surface area contributed by atoms with Crippen LogP contribution in [0.1, 0.15) is 16.7 Å². The largest absolute Gasteiger partial charge is 0.496 e. The number of hydrogen-bond acceptors (Lipinski definition) is 3. The van der Waals surface area contributed by atoms with Crippen LogP contribution in [-0.2, 0) is 0 Å². The van der Waals surface area contributed by atoms with Crippen LogP contribution in [0.5, 0.6) is 5.75 Å². The van der Waals surface area contributed by atoms with Gasteiger partial charge in [-0.2, -0.15) is 5.10 Å². The summed E-state index contributed by atoms with van der Waals surface area (Å²) in [4.78, 5) is 0. The Morgan fingerprint density at radius 3 is 2.53 bits per heavy atom. The van der Waals surface area contributed by atoms with E-state index < -0.39 is 0 Å². The van der Waals surface area contributed by atoms with Crippen LogP contribution in [0.2, 0.25) is 0 Å². The first-order valence-corrected chi connectivity index (χ1v) is 6.20. The zero-order valence-electron chi connectivity index (χ0n) is 11.5. The van der Waals surface area contributed by atoms with Crippen molar-refractivity contribution >= 4 is 11.9 Å². The molecule has 0 spiro atoms. The molecule has 0 bridgehead atoms. The van der Waals surface area contributed by atoms with Crippen molar-refractivity contribution in [1.29, 1.82) is 0 Å². The molecule has 0 saturated heterocycles. The molecular weight excluding hydrogens is 236 g/mol. The molecule has 0 radical (unpaired) electrons. The third-order valence-electron chi connectivity index (χ3n) is 2.82. The van der Waals surface area contributed by atoms with E-state index in [1.807, 2.05) is 37.3 Å². The van der Waals surface area contributed by atoms with Gasteiger partial charge >= 0.3 is 0 Å². The van der Waals surface area contributed by atoms with E-state index in [0.29, 0.717) is 0 Å². The molecule has 0 aliphatic rings. The number of hydrogen-bond donors (Lipinski definition) is 1. The standard InChI is InChI=1S/C16H18N2O/c1-12-9-13(2)16(19-3)14(10-12)11-17-18-15-7-5-4-6-8-15/h4-11,18H,1-3H3. The van der Waals surface area contributed by atoms with Crippen LogP contribution in [0.15, 0.2) is 47.6 Å². The highest BCUT2D eigenvalue weighted by molar-refractivity contribution is 5.85. The lowest BCUT2D eigenvalue weighted by molar-refractivity contribution is 0.411. The molecule has 0 heterocycles. The Bertz CT molecular complexity index is 577. The molecule has 0 fully saturated rings. The molecule has 0 aromatic heterocycles.